The molecule has 0 N–H and O–H groups in total. The van der Waals surface area contributed by atoms with E-state index in [2.05, 4.69) is 13.8 Å². The molecule has 0 spiro atoms. The minimum Gasteiger partial charge on any atom is -0.298 e. The molecule has 96 valence electrons. The predicted octanol–water partition coefficient (Wildman–Crippen LogP) is 4.64. The molecule has 18 heavy (non-hydrogen) atoms. The first-order chi connectivity index (χ1) is 8.43. The average Bonchev–Trinajstić information content (AvgIpc) is 2.29. The zero-order valence-corrected chi connectivity index (χ0v) is 11.4. The van der Waals surface area contributed by atoms with E-state index in [0.717, 1.165) is 24.7 Å². The molecule has 3 heteroatoms. The van der Waals surface area contributed by atoms with Gasteiger partial charge in [0.05, 0.1) is 0 Å². The molecule has 1 nitrogen and oxygen atoms in total. The van der Waals surface area contributed by atoms with Crippen LogP contribution < -0.4 is 0 Å². The summed E-state index contributed by atoms with van der Waals surface area (Å²) in [6.45, 7) is 4.26. The van der Waals surface area contributed by atoms with Crippen LogP contribution in [0.1, 0.15) is 38.7 Å². The minimum atomic E-state index is -0.350. The van der Waals surface area contributed by atoms with Crippen molar-refractivity contribution in [2.24, 2.45) is 5.41 Å². The monoisotopic (exact) mass is 266 g/mol. The molecule has 0 aliphatic heterocycles. The summed E-state index contributed by atoms with van der Waals surface area (Å²) in [6.07, 6.45) is 3.26. The van der Waals surface area contributed by atoms with Crippen molar-refractivity contribution in [1.29, 1.82) is 0 Å². The van der Waals surface area contributed by atoms with E-state index >= 15 is 0 Å². The second-order valence-electron chi connectivity index (χ2n) is 5.59. The highest BCUT2D eigenvalue weighted by molar-refractivity contribution is 6.30. The maximum absolute atomic E-state index is 13.9. The normalized spacial score (nSPS) is 18.9. The van der Waals surface area contributed by atoms with Crippen LogP contribution in [-0.4, -0.2) is 6.29 Å². The van der Waals surface area contributed by atoms with Crippen LogP contribution in [0.25, 0.3) is 5.57 Å². The third kappa shape index (κ3) is 2.64. The molecule has 1 aliphatic rings. The largest absolute Gasteiger partial charge is 0.298 e. The summed E-state index contributed by atoms with van der Waals surface area (Å²) >= 11 is 5.75. The first kappa shape index (κ1) is 13.3. The van der Waals surface area contributed by atoms with Crippen LogP contribution in [-0.2, 0) is 4.79 Å². The Morgan fingerprint density at radius 1 is 1.39 bits per heavy atom. The standard InChI is InChI=1S/C15H16ClFO/c1-15(2)6-5-12(10(8-15)9-18)13-4-3-11(16)7-14(13)17/h3-4,7,9H,5-6,8H2,1-2H3. The lowest BCUT2D eigenvalue weighted by Crippen LogP contribution is -2.19. The van der Waals surface area contributed by atoms with Crippen molar-refractivity contribution in [2.75, 3.05) is 0 Å². The van der Waals surface area contributed by atoms with Crippen LogP contribution in [0.5, 0.6) is 0 Å². The Morgan fingerprint density at radius 3 is 2.72 bits per heavy atom. The van der Waals surface area contributed by atoms with Gasteiger partial charge in [0.1, 0.15) is 12.1 Å². The van der Waals surface area contributed by atoms with Crippen LogP contribution in [0.4, 0.5) is 4.39 Å². The molecule has 1 aromatic rings. The number of carbonyl (C=O) groups excluding carboxylic acids is 1. The zero-order chi connectivity index (χ0) is 13.3. The van der Waals surface area contributed by atoms with Gasteiger partial charge in [-0.05, 0) is 48.0 Å². The minimum absolute atomic E-state index is 0.114. The van der Waals surface area contributed by atoms with Gasteiger partial charge >= 0.3 is 0 Å². The van der Waals surface area contributed by atoms with E-state index in [1.54, 1.807) is 12.1 Å². The number of aldehydes is 1. The van der Waals surface area contributed by atoms with Crippen molar-refractivity contribution >= 4 is 23.5 Å². The Kier molecular flexibility index (Phi) is 3.58. The molecule has 1 aromatic carbocycles. The fourth-order valence-corrected chi connectivity index (χ4v) is 2.65. The van der Waals surface area contributed by atoms with E-state index < -0.39 is 0 Å². The fourth-order valence-electron chi connectivity index (χ4n) is 2.49. The smallest absolute Gasteiger partial charge is 0.146 e. The van der Waals surface area contributed by atoms with Crippen molar-refractivity contribution in [2.45, 2.75) is 33.1 Å². The van der Waals surface area contributed by atoms with Gasteiger partial charge in [-0.1, -0.05) is 31.5 Å². The molecule has 0 bridgehead atoms. The van der Waals surface area contributed by atoms with E-state index in [4.69, 9.17) is 11.6 Å². The second kappa shape index (κ2) is 4.85. The Labute approximate surface area is 112 Å². The van der Waals surface area contributed by atoms with Gasteiger partial charge in [0, 0.05) is 10.6 Å². The molecular formula is C15H16ClFO. The number of halogens is 2. The fraction of sp³-hybridized carbons (Fsp3) is 0.400. The van der Waals surface area contributed by atoms with Gasteiger partial charge in [0.15, 0.2) is 0 Å². The highest BCUT2D eigenvalue weighted by Crippen LogP contribution is 2.42. The van der Waals surface area contributed by atoms with E-state index in [0.29, 0.717) is 22.6 Å². The van der Waals surface area contributed by atoms with Crippen LogP contribution in [0.3, 0.4) is 0 Å². The van der Waals surface area contributed by atoms with Crippen LogP contribution >= 0.6 is 11.6 Å². The van der Waals surface area contributed by atoms with Crippen LogP contribution in [0, 0.1) is 11.2 Å². The predicted molar refractivity (Wildman–Crippen MR) is 72.0 cm³/mol. The lowest BCUT2D eigenvalue weighted by atomic mass is 9.73. The lowest BCUT2D eigenvalue weighted by molar-refractivity contribution is -0.105. The summed E-state index contributed by atoms with van der Waals surface area (Å²) in [5.41, 5.74) is 2.17. The Morgan fingerprint density at radius 2 is 2.11 bits per heavy atom. The molecular weight excluding hydrogens is 251 g/mol. The molecule has 0 unspecified atom stereocenters. The quantitative estimate of drug-likeness (QED) is 0.713. The third-order valence-electron chi connectivity index (χ3n) is 3.51. The molecule has 0 saturated heterocycles. The van der Waals surface area contributed by atoms with Gasteiger partial charge in [-0.2, -0.15) is 0 Å². The summed E-state index contributed by atoms with van der Waals surface area (Å²) in [7, 11) is 0. The second-order valence-corrected chi connectivity index (χ2v) is 6.02. The molecule has 0 radical (unpaired) electrons. The molecule has 2 rings (SSSR count). The van der Waals surface area contributed by atoms with Gasteiger partial charge in [-0.25, -0.2) is 4.39 Å². The number of rotatable bonds is 2. The van der Waals surface area contributed by atoms with Crippen molar-refractivity contribution in [1.82, 2.24) is 0 Å². The van der Waals surface area contributed by atoms with Gasteiger partial charge in [0.2, 0.25) is 0 Å². The molecule has 0 aromatic heterocycles. The summed E-state index contributed by atoms with van der Waals surface area (Å²) in [5, 5.41) is 0.376. The van der Waals surface area contributed by atoms with Crippen LogP contribution in [0.15, 0.2) is 23.8 Å². The van der Waals surface area contributed by atoms with E-state index in [9.17, 15) is 9.18 Å². The van der Waals surface area contributed by atoms with Crippen molar-refractivity contribution < 1.29 is 9.18 Å². The number of hydrogen-bond acceptors (Lipinski definition) is 1. The molecule has 0 amide bonds. The molecule has 0 fully saturated rings. The topological polar surface area (TPSA) is 17.1 Å². The van der Waals surface area contributed by atoms with Crippen molar-refractivity contribution in [3.05, 3.63) is 40.2 Å². The highest BCUT2D eigenvalue weighted by atomic mass is 35.5. The summed E-state index contributed by atoms with van der Waals surface area (Å²) in [4.78, 5) is 11.2. The van der Waals surface area contributed by atoms with Crippen molar-refractivity contribution in [3.63, 3.8) is 0 Å². The Hall–Kier alpha value is -1.15. The van der Waals surface area contributed by atoms with Crippen LogP contribution in [0.2, 0.25) is 5.02 Å². The molecule has 1 aliphatic carbocycles. The van der Waals surface area contributed by atoms with E-state index in [1.165, 1.54) is 6.07 Å². The lowest BCUT2D eigenvalue weighted by Gasteiger charge is -2.31. The average molecular weight is 267 g/mol. The van der Waals surface area contributed by atoms with Crippen molar-refractivity contribution in [3.8, 4) is 0 Å². The number of hydrogen-bond donors (Lipinski definition) is 0. The molecule has 0 heterocycles. The van der Waals surface area contributed by atoms with Gasteiger partial charge in [-0.15, -0.1) is 0 Å². The number of benzene rings is 1. The summed E-state index contributed by atoms with van der Waals surface area (Å²) in [5.74, 6) is -0.350. The number of allylic oxidation sites excluding steroid dienone is 2. The van der Waals surface area contributed by atoms with E-state index in [-0.39, 0.29) is 11.2 Å². The first-order valence-electron chi connectivity index (χ1n) is 6.05. The van der Waals surface area contributed by atoms with E-state index in [1.807, 2.05) is 0 Å². The van der Waals surface area contributed by atoms with Gasteiger partial charge in [0.25, 0.3) is 0 Å². The summed E-state index contributed by atoms with van der Waals surface area (Å²) < 4.78 is 13.9. The number of carbonyl (C=O) groups is 1. The molecule has 0 atom stereocenters. The summed E-state index contributed by atoms with van der Waals surface area (Å²) in [6, 6.07) is 4.62. The van der Waals surface area contributed by atoms with Gasteiger partial charge in [-0.3, -0.25) is 4.79 Å². The third-order valence-corrected chi connectivity index (χ3v) is 3.74. The molecule has 0 saturated carbocycles. The van der Waals surface area contributed by atoms with Gasteiger partial charge < -0.3 is 0 Å². The first-order valence-corrected chi connectivity index (χ1v) is 6.43. The highest BCUT2D eigenvalue weighted by Gasteiger charge is 2.28. The SMILES string of the molecule is CC1(C)CCC(c2ccc(Cl)cc2F)=C(C=O)C1. The maximum atomic E-state index is 13.9. The Balaban J connectivity index is 2.48. The maximum Gasteiger partial charge on any atom is 0.146 e. The zero-order valence-electron chi connectivity index (χ0n) is 10.6. The Bertz CT molecular complexity index is 517.